The third-order valence-electron chi connectivity index (χ3n) is 15.7. The van der Waals surface area contributed by atoms with Crippen LogP contribution in [-0.2, 0) is 0 Å². The standard InChI is InChI=1S/C21H17F4NO2.C21H15F4NO2.C18H10ClF4NO2.3C4H9.C3H8.C3H5.4CH4.Sn.H2/c2*1-13(2)18-11-20(27)26(12-19(18)14-3-5-15(22)6-4-14)16-7-9-17(10-8-16)28-21(23,24)25;19-16-9-17(25)24(10-15(16)11-1-3-12(20)4-2-11)13-5-7-14(8-6-13)26-18(21,22)23;3*1-3-4-2;2*1-3-2;;;;;;/h3-13H,1-2H3;3-12H,1H2,2H3;1-10H;3*1,3-4H2,2H3;3H2,1-2H3;1H2,2H3;4*1H4;;1H. The molecular formula is C82H100ClF12N3O6Sn. The van der Waals surface area contributed by atoms with E-state index in [9.17, 15) is 67.1 Å². The van der Waals surface area contributed by atoms with E-state index in [1.165, 1.54) is 168 Å². The van der Waals surface area contributed by atoms with E-state index in [4.69, 9.17) is 11.6 Å². The van der Waals surface area contributed by atoms with Crippen molar-refractivity contribution in [1.82, 2.24) is 13.7 Å². The first-order valence-corrected chi connectivity index (χ1v) is 40.5. The van der Waals surface area contributed by atoms with E-state index >= 15 is 0 Å². The van der Waals surface area contributed by atoms with Crippen molar-refractivity contribution in [3.8, 4) is 67.7 Å². The second-order valence-electron chi connectivity index (χ2n) is 24.1. The monoisotopic (exact) mass is 1610 g/mol. The van der Waals surface area contributed by atoms with Crippen LogP contribution in [0.1, 0.15) is 155 Å². The molecule has 105 heavy (non-hydrogen) atoms. The molecule has 0 saturated carbocycles. The summed E-state index contributed by atoms with van der Waals surface area (Å²) in [5, 5.41) is 0.176. The molecule has 0 N–H and O–H groups in total. The van der Waals surface area contributed by atoms with Crippen LogP contribution in [-0.4, -0.2) is 51.2 Å². The number of alkyl halides is 9. The third kappa shape index (κ3) is 29.6. The van der Waals surface area contributed by atoms with Gasteiger partial charge in [-0.1, -0.05) is 124 Å². The van der Waals surface area contributed by atoms with Crippen LogP contribution in [0.4, 0.5) is 52.7 Å². The van der Waals surface area contributed by atoms with Crippen molar-refractivity contribution in [2.75, 3.05) is 0 Å². The molecule has 0 atom stereocenters. The largest absolute Gasteiger partial charge is 0.573 e. The van der Waals surface area contributed by atoms with Gasteiger partial charge in [0.25, 0.3) is 16.7 Å². The first-order chi connectivity index (χ1) is 47.5. The van der Waals surface area contributed by atoms with Crippen LogP contribution in [0.2, 0.25) is 18.3 Å². The molecule has 574 valence electrons. The molecule has 9 rings (SSSR count). The topological polar surface area (TPSA) is 93.7 Å². The minimum Gasteiger partial charge on any atom is -0.406 e. The van der Waals surface area contributed by atoms with Gasteiger partial charge < -0.3 is 14.2 Å². The van der Waals surface area contributed by atoms with E-state index in [0.29, 0.717) is 50.5 Å². The molecule has 0 amide bonds. The van der Waals surface area contributed by atoms with Crippen molar-refractivity contribution in [1.29, 1.82) is 0 Å². The van der Waals surface area contributed by atoms with Crippen molar-refractivity contribution in [2.24, 2.45) is 0 Å². The van der Waals surface area contributed by atoms with Gasteiger partial charge in [0.05, 0.1) is 5.02 Å². The summed E-state index contributed by atoms with van der Waals surface area (Å²) in [6, 6.07) is 36.0. The van der Waals surface area contributed by atoms with Gasteiger partial charge in [-0.05, 0) is 150 Å². The van der Waals surface area contributed by atoms with E-state index in [0.717, 1.165) is 53.1 Å². The maximum absolute atomic E-state index is 13.3. The first-order valence-electron chi connectivity index (χ1n) is 32.7. The maximum Gasteiger partial charge on any atom is 0.573 e. The van der Waals surface area contributed by atoms with Crippen molar-refractivity contribution in [2.45, 2.75) is 175 Å². The fourth-order valence-corrected chi connectivity index (χ4v) is 25.5. The Morgan fingerprint density at radius 1 is 0.448 bits per heavy atom. The van der Waals surface area contributed by atoms with Gasteiger partial charge >= 0.3 is 127 Å². The Kier molecular flexibility index (Phi) is 39.2. The third-order valence-corrected chi connectivity index (χ3v) is 32.4. The van der Waals surface area contributed by atoms with Gasteiger partial charge in [0.1, 0.15) is 34.7 Å². The Morgan fingerprint density at radius 3 is 1.01 bits per heavy atom. The van der Waals surface area contributed by atoms with Crippen LogP contribution < -0.4 is 30.9 Å². The van der Waals surface area contributed by atoms with Gasteiger partial charge in [-0.25, -0.2) is 13.2 Å². The smallest absolute Gasteiger partial charge is 0.406 e. The van der Waals surface area contributed by atoms with Gasteiger partial charge in [0.15, 0.2) is 0 Å². The summed E-state index contributed by atoms with van der Waals surface area (Å²) in [6.45, 7) is 27.5. The van der Waals surface area contributed by atoms with Crippen molar-refractivity contribution < 1.29 is 68.3 Å². The molecule has 0 spiro atoms. The molecule has 3 heterocycles. The summed E-state index contributed by atoms with van der Waals surface area (Å²) in [7, 11) is 0. The quantitative estimate of drug-likeness (QED) is 0.0526. The molecule has 0 fully saturated rings. The number of aromatic nitrogens is 3. The van der Waals surface area contributed by atoms with Gasteiger partial charge in [0.2, 0.25) is 0 Å². The molecule has 6 aromatic carbocycles. The molecule has 0 aliphatic carbocycles. The first kappa shape index (κ1) is 94.3. The molecule has 3 aromatic heterocycles. The van der Waals surface area contributed by atoms with Crippen LogP contribution in [0, 0.1) is 17.5 Å². The number of hydrogen-bond donors (Lipinski definition) is 0. The number of pyridine rings is 3. The summed E-state index contributed by atoms with van der Waals surface area (Å²) in [6.07, 6.45) is -0.0540. The number of ether oxygens (including phenoxy) is 3. The molecule has 0 aliphatic rings. The second kappa shape index (κ2) is 43.7. The minimum atomic E-state index is -4.80. The number of benzene rings is 6. The Labute approximate surface area is 620 Å². The Bertz CT molecular complexity index is 4290. The zero-order chi connectivity index (χ0) is 75.0. The predicted molar refractivity (Wildman–Crippen MR) is 411 cm³/mol. The molecule has 23 heteroatoms. The zero-order valence-electron chi connectivity index (χ0n) is 57.6. The summed E-state index contributed by atoms with van der Waals surface area (Å²) in [5.74, 6) is -2.30. The van der Waals surface area contributed by atoms with E-state index in [-0.39, 0.29) is 70.5 Å². The van der Waals surface area contributed by atoms with E-state index in [2.05, 4.69) is 68.9 Å². The SMILES string of the molecule is C.C.C.C.C=C(C)c1cc(=O)n(-c2ccc(OC(F)(F)F)cc2)cc1-c1ccc(F)cc1.C=[C](C)[Sn]([CH2]CCC)([CH2]CCC)[CH2]CCC.CC(C)c1cc(=O)n(-c2ccc(OC(F)(F)F)cc2)cc1-c1ccc(F)cc1.CCC.O=c1cc(Cl)c(-c2ccc(F)cc2)cn1-c1ccc(OC(F)(F)F)cc1.[HH]. The summed E-state index contributed by atoms with van der Waals surface area (Å²) in [5.41, 5.74) is 5.79. The zero-order valence-corrected chi connectivity index (χ0v) is 61.2. The Balaban J connectivity index is 0.00000137. The molecule has 9 nitrogen and oxygen atoms in total. The summed E-state index contributed by atoms with van der Waals surface area (Å²) in [4.78, 5) is 37.3. The average Bonchev–Trinajstić information content (AvgIpc) is 0.790. The predicted octanol–water partition coefficient (Wildman–Crippen LogP) is 26.6. The van der Waals surface area contributed by atoms with E-state index < -0.39 is 60.4 Å². The maximum atomic E-state index is 13.3. The fourth-order valence-electron chi connectivity index (χ4n) is 10.6. The Morgan fingerprint density at radius 2 is 0.724 bits per heavy atom. The number of hydrogen-bond acceptors (Lipinski definition) is 6. The van der Waals surface area contributed by atoms with E-state index in [1.807, 2.05) is 13.8 Å². The molecular weight excluding hydrogens is 1510 g/mol. The van der Waals surface area contributed by atoms with Crippen LogP contribution >= 0.6 is 11.6 Å². The van der Waals surface area contributed by atoms with Crippen LogP contribution in [0.15, 0.2) is 214 Å². The number of halogens is 13. The fraction of sp³-hybridized carbons (Fsp3) is 0.329. The van der Waals surface area contributed by atoms with Crippen molar-refractivity contribution >= 4 is 35.6 Å². The molecule has 0 saturated heterocycles. The van der Waals surface area contributed by atoms with E-state index in [1.54, 1.807) is 60.5 Å². The second-order valence-corrected chi connectivity index (χ2v) is 38.5. The number of nitrogens with zero attached hydrogens (tertiary/aromatic N) is 3. The minimum absolute atomic E-state index is 0. The summed E-state index contributed by atoms with van der Waals surface area (Å²) < 4.78 is 172. The van der Waals surface area contributed by atoms with Gasteiger partial charge in [-0.15, -0.1) is 39.5 Å². The summed E-state index contributed by atoms with van der Waals surface area (Å²) >= 11 is 4.16. The van der Waals surface area contributed by atoms with Gasteiger partial charge in [-0.2, -0.15) is 0 Å². The van der Waals surface area contributed by atoms with Crippen LogP contribution in [0.25, 0.3) is 56.0 Å². The van der Waals surface area contributed by atoms with Crippen LogP contribution in [0.3, 0.4) is 0 Å². The molecule has 0 unspecified atom stereocenters. The van der Waals surface area contributed by atoms with Gasteiger partial charge in [-0.3, -0.25) is 28.1 Å². The number of allylic oxidation sites excluding steroid dienone is 2. The normalized spacial score (nSPS) is 10.9. The Hall–Kier alpha value is -8.70. The van der Waals surface area contributed by atoms with Crippen molar-refractivity contribution in [3.63, 3.8) is 0 Å². The number of rotatable bonds is 21. The molecule has 9 aromatic rings. The molecule has 0 bridgehead atoms. The van der Waals surface area contributed by atoms with Gasteiger partial charge in [0, 0.05) is 72.0 Å². The number of unbranched alkanes of at least 4 members (excludes halogenated alkanes) is 3. The molecule has 0 aliphatic heterocycles. The van der Waals surface area contributed by atoms with Crippen LogP contribution in [0.5, 0.6) is 17.2 Å². The van der Waals surface area contributed by atoms with Crippen molar-refractivity contribution in [3.05, 3.63) is 264 Å². The average molecular weight is 1610 g/mol. The molecule has 0 radical (unpaired) electrons.